The quantitative estimate of drug-likeness (QED) is 0.864. The molecule has 1 amide bonds. The fourth-order valence-electron chi connectivity index (χ4n) is 2.61. The van der Waals surface area contributed by atoms with E-state index in [1.165, 1.54) is 17.0 Å². The summed E-state index contributed by atoms with van der Waals surface area (Å²) in [6, 6.07) is 11.4. The molecule has 0 bridgehead atoms. The van der Waals surface area contributed by atoms with E-state index in [0.717, 1.165) is 23.8 Å². The third-order valence-electron chi connectivity index (χ3n) is 3.96. The highest BCUT2D eigenvalue weighted by Crippen LogP contribution is 2.24. The molecule has 2 aromatic rings. The van der Waals surface area contributed by atoms with Crippen molar-refractivity contribution in [1.82, 2.24) is 4.90 Å². The van der Waals surface area contributed by atoms with Crippen LogP contribution in [0.2, 0.25) is 0 Å². The Morgan fingerprint density at radius 3 is 2.65 bits per heavy atom. The van der Waals surface area contributed by atoms with Crippen molar-refractivity contribution in [3.8, 4) is 5.75 Å². The van der Waals surface area contributed by atoms with Crippen LogP contribution in [0.25, 0.3) is 0 Å². The van der Waals surface area contributed by atoms with Gasteiger partial charge in [0.25, 0.3) is 5.91 Å². The standard InChI is InChI=1S/C18H17F2NO2/c1-2-12-6-3-4-9-16(12)23-13-10-21(11-13)18(22)14-7-5-8-15(19)17(14)20/h3-9,13H,2,10-11H2,1H3. The molecule has 0 radical (unpaired) electrons. The maximum atomic E-state index is 13.7. The van der Waals surface area contributed by atoms with Gasteiger partial charge in [0.2, 0.25) is 0 Å². The summed E-state index contributed by atoms with van der Waals surface area (Å²) in [5.41, 5.74) is 0.867. The molecule has 2 aromatic carbocycles. The number of likely N-dealkylation sites (tertiary alicyclic amines) is 1. The first-order chi connectivity index (χ1) is 11.1. The molecule has 0 saturated carbocycles. The molecule has 120 valence electrons. The topological polar surface area (TPSA) is 29.5 Å². The smallest absolute Gasteiger partial charge is 0.257 e. The average molecular weight is 317 g/mol. The van der Waals surface area contributed by atoms with Gasteiger partial charge in [-0.3, -0.25) is 4.79 Å². The summed E-state index contributed by atoms with van der Waals surface area (Å²) in [5, 5.41) is 0. The van der Waals surface area contributed by atoms with Gasteiger partial charge in [0, 0.05) is 0 Å². The molecule has 1 aliphatic heterocycles. The molecule has 0 unspecified atom stereocenters. The average Bonchev–Trinajstić information content (AvgIpc) is 2.53. The van der Waals surface area contributed by atoms with Gasteiger partial charge < -0.3 is 9.64 Å². The van der Waals surface area contributed by atoms with Gasteiger partial charge in [-0.15, -0.1) is 0 Å². The third-order valence-corrected chi connectivity index (χ3v) is 3.96. The number of aryl methyl sites for hydroxylation is 1. The maximum Gasteiger partial charge on any atom is 0.257 e. The van der Waals surface area contributed by atoms with Crippen LogP contribution in [0.1, 0.15) is 22.8 Å². The first-order valence-electron chi connectivity index (χ1n) is 7.58. The number of hydrogen-bond acceptors (Lipinski definition) is 2. The lowest BCUT2D eigenvalue weighted by Crippen LogP contribution is -2.56. The van der Waals surface area contributed by atoms with Crippen molar-refractivity contribution >= 4 is 5.91 Å². The molecular weight excluding hydrogens is 300 g/mol. The van der Waals surface area contributed by atoms with Gasteiger partial charge in [-0.25, -0.2) is 8.78 Å². The predicted molar refractivity (Wildman–Crippen MR) is 82.5 cm³/mol. The molecule has 3 nitrogen and oxygen atoms in total. The SMILES string of the molecule is CCc1ccccc1OC1CN(C(=O)c2cccc(F)c2F)C1. The summed E-state index contributed by atoms with van der Waals surface area (Å²) in [6.07, 6.45) is 0.739. The zero-order chi connectivity index (χ0) is 16.4. The zero-order valence-corrected chi connectivity index (χ0v) is 12.8. The van der Waals surface area contributed by atoms with Crippen molar-refractivity contribution in [1.29, 1.82) is 0 Å². The van der Waals surface area contributed by atoms with Crippen LogP contribution >= 0.6 is 0 Å². The number of benzene rings is 2. The fraction of sp³-hybridized carbons (Fsp3) is 0.278. The van der Waals surface area contributed by atoms with Crippen LogP contribution in [-0.2, 0) is 6.42 Å². The Morgan fingerprint density at radius 2 is 1.91 bits per heavy atom. The fourth-order valence-corrected chi connectivity index (χ4v) is 2.61. The second kappa shape index (κ2) is 6.36. The lowest BCUT2D eigenvalue weighted by molar-refractivity contribution is 0.0170. The van der Waals surface area contributed by atoms with Crippen LogP contribution in [0.15, 0.2) is 42.5 Å². The van der Waals surface area contributed by atoms with E-state index in [1.807, 2.05) is 31.2 Å². The Kier molecular flexibility index (Phi) is 4.28. The number of nitrogens with zero attached hydrogens (tertiary/aromatic N) is 1. The first kappa shape index (κ1) is 15.5. The van der Waals surface area contributed by atoms with Crippen molar-refractivity contribution < 1.29 is 18.3 Å². The van der Waals surface area contributed by atoms with Crippen LogP contribution in [0.4, 0.5) is 8.78 Å². The van der Waals surface area contributed by atoms with Crippen molar-refractivity contribution in [2.45, 2.75) is 19.4 Å². The number of rotatable bonds is 4. The molecule has 0 atom stereocenters. The molecule has 0 aromatic heterocycles. The minimum atomic E-state index is -1.10. The lowest BCUT2D eigenvalue weighted by Gasteiger charge is -2.39. The Bertz CT molecular complexity index is 727. The molecule has 0 N–H and O–H groups in total. The normalized spacial score (nSPS) is 14.5. The number of ether oxygens (including phenoxy) is 1. The van der Waals surface area contributed by atoms with E-state index < -0.39 is 17.5 Å². The number of hydrogen-bond donors (Lipinski definition) is 0. The second-order valence-corrected chi connectivity index (χ2v) is 5.51. The molecule has 5 heteroatoms. The van der Waals surface area contributed by atoms with Crippen molar-refractivity contribution in [3.05, 3.63) is 65.2 Å². The Morgan fingerprint density at radius 1 is 1.17 bits per heavy atom. The highest BCUT2D eigenvalue weighted by molar-refractivity contribution is 5.95. The number of halogens is 2. The van der Waals surface area contributed by atoms with Crippen LogP contribution in [0.5, 0.6) is 5.75 Å². The molecule has 0 aliphatic carbocycles. The van der Waals surface area contributed by atoms with Gasteiger partial charge in [-0.2, -0.15) is 0 Å². The summed E-state index contributed by atoms with van der Waals surface area (Å²) in [6.45, 7) is 2.78. The summed E-state index contributed by atoms with van der Waals surface area (Å²) in [7, 11) is 0. The monoisotopic (exact) mass is 317 g/mol. The summed E-state index contributed by atoms with van der Waals surface area (Å²) in [5.74, 6) is -1.81. The number of carbonyl (C=O) groups excluding carboxylic acids is 1. The Labute approximate surface area is 133 Å². The molecule has 23 heavy (non-hydrogen) atoms. The van der Waals surface area contributed by atoms with E-state index >= 15 is 0 Å². The zero-order valence-electron chi connectivity index (χ0n) is 12.8. The molecule has 1 saturated heterocycles. The lowest BCUT2D eigenvalue weighted by atomic mass is 10.1. The van der Waals surface area contributed by atoms with Gasteiger partial charge in [0.1, 0.15) is 11.9 Å². The van der Waals surface area contributed by atoms with E-state index in [9.17, 15) is 13.6 Å². The van der Waals surface area contributed by atoms with Gasteiger partial charge in [0.15, 0.2) is 11.6 Å². The summed E-state index contributed by atoms with van der Waals surface area (Å²) >= 11 is 0. The minimum absolute atomic E-state index is 0.122. The van der Waals surface area contributed by atoms with Crippen molar-refractivity contribution in [2.24, 2.45) is 0 Å². The van der Waals surface area contributed by atoms with E-state index in [-0.39, 0.29) is 11.7 Å². The van der Waals surface area contributed by atoms with Gasteiger partial charge in [0.05, 0.1) is 18.7 Å². The second-order valence-electron chi connectivity index (χ2n) is 5.51. The Hall–Kier alpha value is -2.43. The van der Waals surface area contributed by atoms with Crippen LogP contribution in [-0.4, -0.2) is 30.0 Å². The van der Waals surface area contributed by atoms with Crippen LogP contribution in [0.3, 0.4) is 0 Å². The van der Waals surface area contributed by atoms with E-state index in [0.29, 0.717) is 13.1 Å². The van der Waals surface area contributed by atoms with Crippen molar-refractivity contribution in [3.63, 3.8) is 0 Å². The largest absolute Gasteiger partial charge is 0.486 e. The van der Waals surface area contributed by atoms with Gasteiger partial charge in [-0.1, -0.05) is 31.2 Å². The van der Waals surface area contributed by atoms with Crippen LogP contribution < -0.4 is 4.74 Å². The molecule has 3 rings (SSSR count). The minimum Gasteiger partial charge on any atom is -0.486 e. The highest BCUT2D eigenvalue weighted by Gasteiger charge is 2.34. The number of amides is 1. The third kappa shape index (κ3) is 3.04. The van der Waals surface area contributed by atoms with E-state index in [4.69, 9.17) is 4.74 Å². The molecule has 1 fully saturated rings. The van der Waals surface area contributed by atoms with E-state index in [2.05, 4.69) is 0 Å². The summed E-state index contributed by atoms with van der Waals surface area (Å²) < 4.78 is 32.7. The predicted octanol–water partition coefficient (Wildman–Crippen LogP) is 3.43. The molecule has 0 spiro atoms. The first-order valence-corrected chi connectivity index (χ1v) is 7.58. The van der Waals surface area contributed by atoms with Gasteiger partial charge >= 0.3 is 0 Å². The van der Waals surface area contributed by atoms with Gasteiger partial charge in [-0.05, 0) is 30.2 Å². The number of carbonyl (C=O) groups is 1. The van der Waals surface area contributed by atoms with Crippen molar-refractivity contribution in [2.75, 3.05) is 13.1 Å². The van der Waals surface area contributed by atoms with E-state index in [1.54, 1.807) is 0 Å². The maximum absolute atomic E-state index is 13.7. The van der Waals surface area contributed by atoms with Crippen LogP contribution in [0, 0.1) is 11.6 Å². The number of para-hydroxylation sites is 1. The highest BCUT2D eigenvalue weighted by atomic mass is 19.2. The molecular formula is C18H17F2NO2. The molecule has 1 heterocycles. The Balaban J connectivity index is 1.63. The molecule has 1 aliphatic rings. The summed E-state index contributed by atoms with van der Waals surface area (Å²) in [4.78, 5) is 13.6.